The van der Waals surface area contributed by atoms with Crippen molar-refractivity contribution in [2.45, 2.75) is 51.6 Å². The number of aliphatic imine (C=N–C) groups is 1. The molecule has 5 nitrogen and oxygen atoms in total. The Kier molecular flexibility index (Phi) is 8.60. The number of rotatable bonds is 8. The summed E-state index contributed by atoms with van der Waals surface area (Å²) in [6, 6.07) is 8.86. The summed E-state index contributed by atoms with van der Waals surface area (Å²) in [6.45, 7) is 6.59. The fourth-order valence-corrected chi connectivity index (χ4v) is 3.29. The van der Waals surface area contributed by atoms with E-state index in [2.05, 4.69) is 39.6 Å². The lowest BCUT2D eigenvalue weighted by Crippen LogP contribution is -2.39. The zero-order valence-corrected chi connectivity index (χ0v) is 16.1. The molecule has 1 aliphatic heterocycles. The van der Waals surface area contributed by atoms with Gasteiger partial charge in [-0.25, -0.2) is 0 Å². The first-order valence-electron chi connectivity index (χ1n) is 9.54. The highest BCUT2D eigenvalue weighted by atomic mass is 16.5. The van der Waals surface area contributed by atoms with Crippen LogP contribution < -0.4 is 15.4 Å². The second kappa shape index (κ2) is 11.0. The molecule has 0 radical (unpaired) electrons. The number of ether oxygens (including phenoxy) is 1. The number of likely N-dealkylation sites (tertiary alicyclic amines) is 1. The fourth-order valence-electron chi connectivity index (χ4n) is 3.29. The van der Waals surface area contributed by atoms with Gasteiger partial charge in [-0.05, 0) is 63.4 Å². The lowest BCUT2D eigenvalue weighted by molar-refractivity contribution is 0.158. The van der Waals surface area contributed by atoms with Gasteiger partial charge in [-0.2, -0.15) is 0 Å². The number of benzene rings is 1. The molecule has 5 heteroatoms. The highest BCUT2D eigenvalue weighted by Gasteiger charge is 2.16. The summed E-state index contributed by atoms with van der Waals surface area (Å²) in [5.74, 6) is 1.75. The summed E-state index contributed by atoms with van der Waals surface area (Å²) >= 11 is 0. The maximum absolute atomic E-state index is 5.18. The average Bonchev–Trinajstić information content (AvgIpc) is 2.65. The number of piperidine rings is 1. The first-order chi connectivity index (χ1) is 12.2. The van der Waals surface area contributed by atoms with Crippen LogP contribution in [0.25, 0.3) is 0 Å². The average molecular weight is 347 g/mol. The molecule has 1 atom stereocenters. The Morgan fingerprint density at radius 3 is 2.68 bits per heavy atom. The molecule has 0 spiro atoms. The number of nitrogens with zero attached hydrogens (tertiary/aromatic N) is 2. The number of nitrogens with one attached hydrogen (secondary N) is 2. The van der Waals surface area contributed by atoms with Crippen molar-refractivity contribution in [1.82, 2.24) is 15.5 Å². The third-order valence-corrected chi connectivity index (χ3v) is 4.95. The molecular formula is C20H34N4O. The molecule has 2 rings (SSSR count). The zero-order valence-electron chi connectivity index (χ0n) is 16.1. The minimum atomic E-state index is 0.759. The van der Waals surface area contributed by atoms with E-state index < -0.39 is 0 Å². The van der Waals surface area contributed by atoms with E-state index in [1.807, 2.05) is 19.2 Å². The molecular weight excluding hydrogens is 312 g/mol. The molecule has 1 unspecified atom stereocenters. The molecule has 0 amide bonds. The molecule has 1 fully saturated rings. The van der Waals surface area contributed by atoms with E-state index in [9.17, 15) is 0 Å². The Morgan fingerprint density at radius 1 is 1.20 bits per heavy atom. The SMILES string of the molecule is CN=C(NCCCCN1CCCCC1C)NCc1ccc(OC)cc1. The van der Waals surface area contributed by atoms with Crippen LogP contribution >= 0.6 is 0 Å². The molecule has 25 heavy (non-hydrogen) atoms. The molecule has 1 saturated heterocycles. The smallest absolute Gasteiger partial charge is 0.191 e. The van der Waals surface area contributed by atoms with Crippen LogP contribution in [0.2, 0.25) is 0 Å². The fraction of sp³-hybridized carbons (Fsp3) is 0.650. The van der Waals surface area contributed by atoms with E-state index in [4.69, 9.17) is 4.74 Å². The quantitative estimate of drug-likeness (QED) is 0.432. The predicted octanol–water partition coefficient (Wildman–Crippen LogP) is 3.01. The van der Waals surface area contributed by atoms with Crippen LogP contribution in [0.15, 0.2) is 29.3 Å². The van der Waals surface area contributed by atoms with Gasteiger partial charge in [-0.1, -0.05) is 18.6 Å². The van der Waals surface area contributed by atoms with Gasteiger partial charge < -0.3 is 20.3 Å². The van der Waals surface area contributed by atoms with Gasteiger partial charge in [0.15, 0.2) is 5.96 Å². The summed E-state index contributed by atoms with van der Waals surface area (Å²) in [5.41, 5.74) is 1.21. The molecule has 2 N–H and O–H groups in total. The Balaban J connectivity index is 1.59. The standard InChI is InChI=1S/C20H34N4O/c1-17-8-4-6-14-24(17)15-7-5-13-22-20(21-2)23-16-18-9-11-19(25-3)12-10-18/h9-12,17H,4-8,13-16H2,1-3H3,(H2,21,22,23). The van der Waals surface area contributed by atoms with Gasteiger partial charge in [0, 0.05) is 26.2 Å². The summed E-state index contributed by atoms with van der Waals surface area (Å²) < 4.78 is 5.18. The van der Waals surface area contributed by atoms with Gasteiger partial charge in [0.25, 0.3) is 0 Å². The van der Waals surface area contributed by atoms with Crippen LogP contribution in [0, 0.1) is 0 Å². The van der Waals surface area contributed by atoms with Gasteiger partial charge in [0.1, 0.15) is 5.75 Å². The van der Waals surface area contributed by atoms with Crippen molar-refractivity contribution in [1.29, 1.82) is 0 Å². The van der Waals surface area contributed by atoms with Crippen molar-refractivity contribution >= 4 is 5.96 Å². The number of hydrogen-bond acceptors (Lipinski definition) is 3. The van der Waals surface area contributed by atoms with Gasteiger partial charge in [-0.15, -0.1) is 0 Å². The summed E-state index contributed by atoms with van der Waals surface area (Å²) in [5, 5.41) is 6.77. The third-order valence-electron chi connectivity index (χ3n) is 4.95. The molecule has 1 aromatic rings. The van der Waals surface area contributed by atoms with Gasteiger partial charge in [0.05, 0.1) is 7.11 Å². The highest BCUT2D eigenvalue weighted by Crippen LogP contribution is 2.16. The lowest BCUT2D eigenvalue weighted by atomic mass is 10.0. The maximum atomic E-state index is 5.18. The monoisotopic (exact) mass is 346 g/mol. The molecule has 140 valence electrons. The van der Waals surface area contributed by atoms with Crippen molar-refractivity contribution in [3.8, 4) is 5.75 Å². The van der Waals surface area contributed by atoms with Gasteiger partial charge in [-0.3, -0.25) is 4.99 Å². The topological polar surface area (TPSA) is 48.9 Å². The van der Waals surface area contributed by atoms with Crippen LogP contribution in [-0.4, -0.2) is 50.7 Å². The minimum absolute atomic E-state index is 0.759. The Morgan fingerprint density at radius 2 is 2.00 bits per heavy atom. The molecule has 0 aliphatic carbocycles. The summed E-state index contributed by atoms with van der Waals surface area (Å²) in [4.78, 5) is 6.93. The Hall–Kier alpha value is -1.75. The molecule has 1 aromatic carbocycles. The molecule has 1 heterocycles. The normalized spacial score (nSPS) is 18.8. The van der Waals surface area contributed by atoms with E-state index in [1.54, 1.807) is 7.11 Å². The summed E-state index contributed by atoms with van der Waals surface area (Å²) in [7, 11) is 3.50. The number of methoxy groups -OCH3 is 1. The van der Waals surface area contributed by atoms with Gasteiger partial charge >= 0.3 is 0 Å². The molecule has 0 bridgehead atoms. The largest absolute Gasteiger partial charge is 0.497 e. The molecule has 0 saturated carbocycles. The first kappa shape index (κ1) is 19.6. The highest BCUT2D eigenvalue weighted by molar-refractivity contribution is 5.79. The molecule has 1 aliphatic rings. The van der Waals surface area contributed by atoms with E-state index in [-0.39, 0.29) is 0 Å². The van der Waals surface area contributed by atoms with Gasteiger partial charge in [0.2, 0.25) is 0 Å². The van der Waals surface area contributed by atoms with Crippen LogP contribution in [0.4, 0.5) is 0 Å². The first-order valence-corrected chi connectivity index (χ1v) is 9.54. The second-order valence-electron chi connectivity index (χ2n) is 6.79. The Labute approximate surface area is 152 Å². The van der Waals surface area contributed by atoms with Crippen LogP contribution in [-0.2, 0) is 6.54 Å². The Bertz CT molecular complexity index is 515. The zero-order chi connectivity index (χ0) is 17.9. The van der Waals surface area contributed by atoms with Crippen LogP contribution in [0.5, 0.6) is 5.75 Å². The van der Waals surface area contributed by atoms with Crippen molar-refractivity contribution in [3.63, 3.8) is 0 Å². The van der Waals surface area contributed by atoms with Crippen molar-refractivity contribution in [3.05, 3.63) is 29.8 Å². The predicted molar refractivity (Wildman–Crippen MR) is 105 cm³/mol. The third kappa shape index (κ3) is 6.94. The van der Waals surface area contributed by atoms with Crippen LogP contribution in [0.3, 0.4) is 0 Å². The van der Waals surface area contributed by atoms with Crippen molar-refractivity contribution in [2.75, 3.05) is 33.8 Å². The van der Waals surface area contributed by atoms with E-state index in [1.165, 1.54) is 50.8 Å². The minimum Gasteiger partial charge on any atom is -0.497 e. The van der Waals surface area contributed by atoms with Crippen molar-refractivity contribution < 1.29 is 4.74 Å². The second-order valence-corrected chi connectivity index (χ2v) is 6.79. The maximum Gasteiger partial charge on any atom is 0.191 e. The molecule has 0 aromatic heterocycles. The van der Waals surface area contributed by atoms with Crippen molar-refractivity contribution in [2.24, 2.45) is 4.99 Å². The van der Waals surface area contributed by atoms with E-state index in [0.717, 1.165) is 30.8 Å². The number of unbranched alkanes of at least 4 members (excludes halogenated alkanes) is 1. The van der Waals surface area contributed by atoms with E-state index in [0.29, 0.717) is 0 Å². The van der Waals surface area contributed by atoms with E-state index >= 15 is 0 Å². The summed E-state index contributed by atoms with van der Waals surface area (Å²) in [6.07, 6.45) is 6.54. The number of hydrogen-bond donors (Lipinski definition) is 2. The van der Waals surface area contributed by atoms with Crippen LogP contribution in [0.1, 0.15) is 44.6 Å². The lowest BCUT2D eigenvalue weighted by Gasteiger charge is -2.33. The number of guanidine groups is 1.